The van der Waals surface area contributed by atoms with Crippen LogP contribution in [-0.2, 0) is 16.6 Å². The van der Waals surface area contributed by atoms with Gasteiger partial charge in [0.15, 0.2) is 4.90 Å². The highest BCUT2D eigenvalue weighted by Crippen LogP contribution is 2.38. The van der Waals surface area contributed by atoms with Crippen molar-refractivity contribution in [3.05, 3.63) is 126 Å². The third-order valence-corrected chi connectivity index (χ3v) is 9.29. The zero-order chi connectivity index (χ0) is 24.5. The molecule has 1 atom stereocenters. The third-order valence-electron chi connectivity index (χ3n) is 6.98. The lowest BCUT2D eigenvalue weighted by atomic mass is 9.90. The van der Waals surface area contributed by atoms with Gasteiger partial charge in [-0.15, -0.1) is 0 Å². The van der Waals surface area contributed by atoms with Crippen molar-refractivity contribution in [1.29, 1.82) is 5.26 Å². The molecule has 0 aliphatic rings. The Balaban J connectivity index is 1.44. The first kappa shape index (κ1) is 22.4. The molecule has 0 aliphatic carbocycles. The van der Waals surface area contributed by atoms with E-state index in [0.717, 1.165) is 17.1 Å². The summed E-state index contributed by atoms with van der Waals surface area (Å²) in [6.45, 7) is 2.27. The van der Waals surface area contributed by atoms with E-state index >= 15 is 0 Å². The third kappa shape index (κ3) is 4.13. The van der Waals surface area contributed by atoms with Crippen LogP contribution in [0.5, 0.6) is 0 Å². The van der Waals surface area contributed by atoms with E-state index in [2.05, 4.69) is 116 Å². The second-order valence-electron chi connectivity index (χ2n) is 9.15. The van der Waals surface area contributed by atoms with E-state index in [1.54, 1.807) is 0 Å². The second-order valence-corrected chi connectivity index (χ2v) is 11.5. The van der Waals surface area contributed by atoms with Crippen LogP contribution in [0.25, 0.3) is 43.4 Å². The molecule has 0 N–H and O–H groups in total. The maximum absolute atomic E-state index is 9.09. The molecule has 36 heavy (non-hydrogen) atoms. The Labute approximate surface area is 215 Å². The number of nitrogens with zero attached hydrogens (tertiary/aromatic N) is 1. The molecule has 0 aliphatic heterocycles. The molecule has 0 bridgehead atoms. The summed E-state index contributed by atoms with van der Waals surface area (Å²) in [7, 11) is 0.125. The molecule has 0 fully saturated rings. The van der Waals surface area contributed by atoms with Gasteiger partial charge >= 0.3 is 0 Å². The van der Waals surface area contributed by atoms with Gasteiger partial charge in [0, 0.05) is 16.5 Å². The van der Waals surface area contributed by atoms with Crippen LogP contribution < -0.4 is 0 Å². The smallest absolute Gasteiger partial charge is 0.155 e. The van der Waals surface area contributed by atoms with E-state index < -0.39 is 0 Å². The zero-order valence-electron chi connectivity index (χ0n) is 20.2. The van der Waals surface area contributed by atoms with Crippen LogP contribution in [0.3, 0.4) is 0 Å². The topological polar surface area (TPSA) is 23.8 Å². The maximum atomic E-state index is 9.09. The Kier molecular flexibility index (Phi) is 5.93. The standard InChI is InChI=1S/C34H26NS/c1-2-36(23-25-13-11-24(22-35)12-14-25)31-17-15-26(16-18-31)34-32-10-6-5-9-29(32)20-30-19-27-7-3-4-8-28(27)21-33(30)34/h3-21H,2,23H2,1H3/q+1. The van der Waals surface area contributed by atoms with Crippen LogP contribution in [0.2, 0.25) is 0 Å². The van der Waals surface area contributed by atoms with Crippen molar-refractivity contribution >= 4 is 43.2 Å². The fourth-order valence-electron chi connectivity index (χ4n) is 5.11. The molecule has 0 aromatic heterocycles. The predicted molar refractivity (Wildman–Crippen MR) is 155 cm³/mol. The molecule has 0 spiro atoms. The fraction of sp³-hybridized carbons (Fsp3) is 0.0882. The number of hydrogen-bond donors (Lipinski definition) is 0. The molecule has 0 saturated heterocycles. The largest absolute Gasteiger partial charge is 0.192 e. The summed E-state index contributed by atoms with van der Waals surface area (Å²) in [6, 6.07) is 43.8. The van der Waals surface area contributed by atoms with Crippen molar-refractivity contribution in [3.8, 4) is 17.2 Å². The normalized spacial score (nSPS) is 12.1. The van der Waals surface area contributed by atoms with Gasteiger partial charge < -0.3 is 0 Å². The number of nitriles is 1. The number of hydrogen-bond acceptors (Lipinski definition) is 1. The molecule has 2 heteroatoms. The number of fused-ring (bicyclic) bond motifs is 3. The van der Waals surface area contributed by atoms with Gasteiger partial charge in [-0.3, -0.25) is 0 Å². The van der Waals surface area contributed by atoms with Gasteiger partial charge in [-0.2, -0.15) is 5.26 Å². The summed E-state index contributed by atoms with van der Waals surface area (Å²) in [5.74, 6) is 2.10. The first-order valence-corrected chi connectivity index (χ1v) is 13.9. The Bertz CT molecular complexity index is 1740. The highest BCUT2D eigenvalue weighted by molar-refractivity contribution is 7.96. The lowest BCUT2D eigenvalue weighted by Crippen LogP contribution is -2.09. The molecular formula is C34H26NS+. The summed E-state index contributed by atoms with van der Waals surface area (Å²) in [5.41, 5.74) is 4.57. The Morgan fingerprint density at radius 1 is 0.639 bits per heavy atom. The lowest BCUT2D eigenvalue weighted by Gasteiger charge is -2.14. The first-order valence-electron chi connectivity index (χ1n) is 12.3. The van der Waals surface area contributed by atoms with Crippen molar-refractivity contribution in [2.45, 2.75) is 17.6 Å². The minimum Gasteiger partial charge on any atom is -0.192 e. The lowest BCUT2D eigenvalue weighted by molar-refractivity contribution is 1.31. The van der Waals surface area contributed by atoms with Crippen LogP contribution >= 0.6 is 0 Å². The van der Waals surface area contributed by atoms with Gasteiger partial charge in [0.25, 0.3) is 0 Å². The summed E-state index contributed by atoms with van der Waals surface area (Å²) in [4.78, 5) is 1.39. The van der Waals surface area contributed by atoms with Crippen molar-refractivity contribution in [2.75, 3.05) is 5.75 Å². The maximum Gasteiger partial charge on any atom is 0.155 e. The number of rotatable bonds is 5. The summed E-state index contributed by atoms with van der Waals surface area (Å²) in [6.07, 6.45) is 0. The predicted octanol–water partition coefficient (Wildman–Crippen LogP) is 8.88. The molecule has 1 unspecified atom stereocenters. The molecule has 6 rings (SSSR count). The Morgan fingerprint density at radius 3 is 1.97 bits per heavy atom. The molecule has 1 nitrogen and oxygen atoms in total. The monoisotopic (exact) mass is 480 g/mol. The molecule has 0 saturated carbocycles. The molecule has 6 aromatic rings. The molecular weight excluding hydrogens is 454 g/mol. The zero-order valence-corrected chi connectivity index (χ0v) is 21.1. The van der Waals surface area contributed by atoms with Crippen LogP contribution in [0, 0.1) is 11.3 Å². The van der Waals surface area contributed by atoms with Crippen LogP contribution in [0.4, 0.5) is 0 Å². The van der Waals surface area contributed by atoms with Crippen molar-refractivity contribution in [2.24, 2.45) is 0 Å². The van der Waals surface area contributed by atoms with E-state index in [0.29, 0.717) is 0 Å². The van der Waals surface area contributed by atoms with E-state index in [-0.39, 0.29) is 10.9 Å². The van der Waals surface area contributed by atoms with E-state index in [1.807, 2.05) is 12.1 Å². The van der Waals surface area contributed by atoms with Crippen LogP contribution in [0.1, 0.15) is 18.1 Å². The quantitative estimate of drug-likeness (QED) is 0.178. The van der Waals surface area contributed by atoms with E-state index in [9.17, 15) is 0 Å². The van der Waals surface area contributed by atoms with Gasteiger partial charge in [0.05, 0.1) is 11.6 Å². The van der Waals surface area contributed by atoms with Crippen LogP contribution in [-0.4, -0.2) is 5.75 Å². The molecule has 0 heterocycles. The highest BCUT2D eigenvalue weighted by atomic mass is 32.2. The van der Waals surface area contributed by atoms with Gasteiger partial charge in [-0.25, -0.2) is 0 Å². The van der Waals surface area contributed by atoms with Gasteiger partial charge in [0.2, 0.25) is 0 Å². The van der Waals surface area contributed by atoms with Gasteiger partial charge in [-0.05, 0) is 105 Å². The minimum atomic E-state index is 0.125. The molecule has 6 aromatic carbocycles. The first-order chi connectivity index (χ1) is 17.7. The SMILES string of the molecule is CC[S+](Cc1ccc(C#N)cc1)c1ccc(-c2c3ccccc3cc3cc4ccccc4cc23)cc1. The Hall–Kier alpha value is -4.06. The van der Waals surface area contributed by atoms with Crippen LogP contribution in [0.15, 0.2) is 120 Å². The minimum absolute atomic E-state index is 0.125. The van der Waals surface area contributed by atoms with E-state index in [4.69, 9.17) is 5.26 Å². The van der Waals surface area contributed by atoms with Gasteiger partial charge in [-0.1, -0.05) is 60.7 Å². The van der Waals surface area contributed by atoms with Crippen molar-refractivity contribution < 1.29 is 0 Å². The molecule has 0 amide bonds. The second kappa shape index (κ2) is 9.53. The van der Waals surface area contributed by atoms with Crippen molar-refractivity contribution in [3.63, 3.8) is 0 Å². The average Bonchev–Trinajstić information content (AvgIpc) is 2.94. The number of benzene rings is 6. The van der Waals surface area contributed by atoms with E-state index in [1.165, 1.54) is 53.9 Å². The molecule has 172 valence electrons. The highest BCUT2D eigenvalue weighted by Gasteiger charge is 2.21. The van der Waals surface area contributed by atoms with Crippen molar-refractivity contribution in [1.82, 2.24) is 0 Å². The Morgan fingerprint density at radius 2 is 1.28 bits per heavy atom. The summed E-state index contributed by atoms with van der Waals surface area (Å²) < 4.78 is 0. The average molecular weight is 481 g/mol. The van der Waals surface area contributed by atoms with Gasteiger partial charge in [0.1, 0.15) is 11.5 Å². The summed E-state index contributed by atoms with van der Waals surface area (Å²) >= 11 is 0. The summed E-state index contributed by atoms with van der Waals surface area (Å²) in [5, 5.41) is 16.8. The fourth-order valence-corrected chi connectivity index (χ4v) is 6.93. The molecule has 0 radical (unpaired) electrons.